The maximum absolute atomic E-state index is 12.4. The first kappa shape index (κ1) is 19.9. The quantitative estimate of drug-likeness (QED) is 0.617. The summed E-state index contributed by atoms with van der Waals surface area (Å²) in [5.41, 5.74) is 0.740. The van der Waals surface area contributed by atoms with Crippen molar-refractivity contribution in [2.24, 2.45) is 0 Å². The highest BCUT2D eigenvalue weighted by molar-refractivity contribution is 6.00. The molecule has 3 N–H and O–H groups in total. The molecule has 0 fully saturated rings. The highest BCUT2D eigenvalue weighted by Gasteiger charge is 2.20. The summed E-state index contributed by atoms with van der Waals surface area (Å²) in [6, 6.07) is 5.93. The Morgan fingerprint density at radius 1 is 1.14 bits per heavy atom. The third-order valence-corrected chi connectivity index (χ3v) is 4.16. The van der Waals surface area contributed by atoms with Crippen LogP contribution in [0.2, 0.25) is 0 Å². The Bertz CT molecular complexity index is 1070. The summed E-state index contributed by atoms with van der Waals surface area (Å²) >= 11 is 0. The Morgan fingerprint density at radius 2 is 1.90 bits per heavy atom. The first-order valence-corrected chi connectivity index (χ1v) is 8.81. The molecule has 150 valence electrons. The normalized spacial score (nSPS) is 11.2. The van der Waals surface area contributed by atoms with E-state index in [1.165, 1.54) is 12.3 Å². The molecule has 3 aromatic rings. The number of nitrogens with one attached hydrogen (secondary N) is 2. The number of pyridine rings is 2. The third-order valence-electron chi connectivity index (χ3n) is 4.16. The third kappa shape index (κ3) is 4.37. The van der Waals surface area contributed by atoms with Crippen molar-refractivity contribution >= 4 is 23.6 Å². The Balaban J connectivity index is 1.80. The lowest BCUT2D eigenvalue weighted by molar-refractivity contribution is 0.0696. The number of aromatic carboxylic acids is 1. The number of hydrogen-bond donors (Lipinski definition) is 3. The lowest BCUT2D eigenvalue weighted by atomic mass is 10.1. The molecular weight excluding hydrogens is 374 g/mol. The number of nitrogens with zero attached hydrogens (tertiary/aromatic N) is 5. The summed E-state index contributed by atoms with van der Waals surface area (Å²) < 4.78 is 1.89. The van der Waals surface area contributed by atoms with E-state index in [2.05, 4.69) is 30.8 Å². The van der Waals surface area contributed by atoms with Crippen LogP contribution in [-0.4, -0.2) is 41.8 Å². The van der Waals surface area contributed by atoms with Gasteiger partial charge in [0.1, 0.15) is 23.7 Å². The van der Waals surface area contributed by atoms with Gasteiger partial charge < -0.3 is 9.67 Å². The molecule has 3 rings (SSSR count). The van der Waals surface area contributed by atoms with E-state index in [1.54, 1.807) is 31.5 Å². The molecule has 29 heavy (non-hydrogen) atoms. The van der Waals surface area contributed by atoms with Crippen LogP contribution in [0, 0.1) is 6.92 Å². The highest BCUT2D eigenvalue weighted by atomic mass is 16.4. The van der Waals surface area contributed by atoms with Gasteiger partial charge in [-0.15, -0.1) is 10.2 Å². The van der Waals surface area contributed by atoms with E-state index in [-0.39, 0.29) is 16.9 Å². The molecule has 0 saturated heterocycles. The summed E-state index contributed by atoms with van der Waals surface area (Å²) in [6.07, 6.45) is 2.96. The van der Waals surface area contributed by atoms with Crippen molar-refractivity contribution in [2.75, 3.05) is 10.6 Å². The van der Waals surface area contributed by atoms with Crippen molar-refractivity contribution in [3.63, 3.8) is 0 Å². The van der Waals surface area contributed by atoms with Crippen LogP contribution in [0.1, 0.15) is 36.7 Å². The fourth-order valence-corrected chi connectivity index (χ4v) is 2.68. The van der Waals surface area contributed by atoms with Crippen molar-refractivity contribution in [2.45, 2.75) is 33.2 Å². The number of anilines is 2. The highest BCUT2D eigenvalue weighted by Crippen LogP contribution is 2.23. The van der Waals surface area contributed by atoms with Crippen LogP contribution >= 0.6 is 0 Å². The van der Waals surface area contributed by atoms with Crippen molar-refractivity contribution in [1.29, 1.82) is 0 Å². The number of amides is 2. The van der Waals surface area contributed by atoms with Crippen LogP contribution < -0.4 is 10.6 Å². The van der Waals surface area contributed by atoms with E-state index in [9.17, 15) is 14.7 Å². The van der Waals surface area contributed by atoms with Gasteiger partial charge in [0.2, 0.25) is 0 Å². The van der Waals surface area contributed by atoms with E-state index < -0.39 is 12.0 Å². The molecule has 0 radical (unpaired) electrons. The zero-order chi connectivity index (χ0) is 21.2. The van der Waals surface area contributed by atoms with Crippen LogP contribution in [0.15, 0.2) is 36.8 Å². The van der Waals surface area contributed by atoms with Crippen molar-refractivity contribution in [1.82, 2.24) is 24.7 Å². The van der Waals surface area contributed by atoms with Gasteiger partial charge in [0.25, 0.3) is 0 Å². The van der Waals surface area contributed by atoms with Crippen molar-refractivity contribution in [3.8, 4) is 11.5 Å². The minimum atomic E-state index is -1.09. The van der Waals surface area contributed by atoms with Gasteiger partial charge in [0.05, 0.1) is 5.56 Å². The van der Waals surface area contributed by atoms with Crippen LogP contribution in [0.25, 0.3) is 11.5 Å². The van der Waals surface area contributed by atoms with E-state index in [1.807, 2.05) is 25.3 Å². The van der Waals surface area contributed by atoms with Gasteiger partial charge in [-0.05, 0) is 45.9 Å². The molecule has 0 aromatic carbocycles. The van der Waals surface area contributed by atoms with Gasteiger partial charge >= 0.3 is 12.0 Å². The molecule has 0 spiro atoms. The van der Waals surface area contributed by atoms with Gasteiger partial charge in [0, 0.05) is 17.3 Å². The number of hydrogen-bond acceptors (Lipinski definition) is 6. The first-order valence-electron chi connectivity index (χ1n) is 8.81. The number of rotatable bonds is 4. The second-order valence-corrected chi connectivity index (χ2v) is 7.32. The van der Waals surface area contributed by atoms with Gasteiger partial charge in [-0.3, -0.25) is 10.6 Å². The number of carboxylic acid groups (broad SMARTS) is 1. The molecule has 0 aliphatic rings. The largest absolute Gasteiger partial charge is 0.478 e. The predicted octanol–water partition coefficient (Wildman–Crippen LogP) is 3.14. The molecule has 10 nitrogen and oxygen atoms in total. The molecule has 0 atom stereocenters. The van der Waals surface area contributed by atoms with Crippen LogP contribution in [0.5, 0.6) is 0 Å². The average molecular weight is 395 g/mol. The molecule has 0 unspecified atom stereocenters. The molecule has 3 heterocycles. The summed E-state index contributed by atoms with van der Waals surface area (Å²) in [4.78, 5) is 32.0. The summed E-state index contributed by atoms with van der Waals surface area (Å²) in [7, 11) is 0. The topological polar surface area (TPSA) is 135 Å². The predicted molar refractivity (Wildman–Crippen MR) is 107 cm³/mol. The van der Waals surface area contributed by atoms with Crippen molar-refractivity contribution in [3.05, 3.63) is 47.9 Å². The Morgan fingerprint density at radius 3 is 2.59 bits per heavy atom. The zero-order valence-corrected chi connectivity index (χ0v) is 16.5. The molecule has 0 saturated carbocycles. The lowest BCUT2D eigenvalue weighted by Gasteiger charge is -2.22. The SMILES string of the molecule is Cc1c(C(=O)O)ccnc1NC(=O)Nc1cccc(-c2nncn2C(C)(C)C)n1. The number of carbonyl (C=O) groups is 2. The summed E-state index contributed by atoms with van der Waals surface area (Å²) in [5, 5.41) is 22.4. The fraction of sp³-hybridized carbons (Fsp3) is 0.263. The Labute approximate surface area is 167 Å². The molecule has 0 aliphatic heterocycles. The summed E-state index contributed by atoms with van der Waals surface area (Å²) in [6.45, 7) is 7.65. The minimum absolute atomic E-state index is 0.0666. The van der Waals surface area contributed by atoms with Crippen LogP contribution in [-0.2, 0) is 5.54 Å². The van der Waals surface area contributed by atoms with Crippen LogP contribution in [0.3, 0.4) is 0 Å². The van der Waals surface area contributed by atoms with E-state index >= 15 is 0 Å². The van der Waals surface area contributed by atoms with Gasteiger partial charge in [-0.1, -0.05) is 6.07 Å². The van der Waals surface area contributed by atoms with Gasteiger partial charge in [-0.2, -0.15) is 0 Å². The van der Waals surface area contributed by atoms with Gasteiger partial charge in [-0.25, -0.2) is 19.6 Å². The smallest absolute Gasteiger partial charge is 0.336 e. The van der Waals surface area contributed by atoms with E-state index in [0.29, 0.717) is 22.9 Å². The Kier molecular flexibility index (Phi) is 5.26. The number of aromatic nitrogens is 5. The monoisotopic (exact) mass is 395 g/mol. The molecule has 0 bridgehead atoms. The average Bonchev–Trinajstić information content (AvgIpc) is 3.14. The van der Waals surface area contributed by atoms with Gasteiger partial charge in [0.15, 0.2) is 5.82 Å². The van der Waals surface area contributed by atoms with Crippen LogP contribution in [0.4, 0.5) is 16.4 Å². The molecule has 0 aliphatic carbocycles. The number of urea groups is 1. The van der Waals surface area contributed by atoms with E-state index in [0.717, 1.165) is 0 Å². The molecule has 2 amide bonds. The van der Waals surface area contributed by atoms with Crippen molar-refractivity contribution < 1.29 is 14.7 Å². The standard InChI is InChI=1S/C19H21N7O3/c1-11-12(17(27)28)8-9-20-15(11)24-18(29)23-14-7-5-6-13(22-14)16-25-21-10-26(16)19(2,3)4/h5-10H,1-4H3,(H,27,28)(H2,20,22,23,24,29). The fourth-order valence-electron chi connectivity index (χ4n) is 2.68. The number of carboxylic acids is 1. The number of carbonyl (C=O) groups excluding carboxylic acids is 1. The molecule has 3 aromatic heterocycles. The Hall–Kier alpha value is -3.82. The van der Waals surface area contributed by atoms with E-state index in [4.69, 9.17) is 0 Å². The first-order chi connectivity index (χ1) is 13.7. The maximum atomic E-state index is 12.4. The zero-order valence-electron chi connectivity index (χ0n) is 16.5. The molecule has 10 heteroatoms. The summed E-state index contributed by atoms with van der Waals surface area (Å²) in [5.74, 6) is -0.0551. The maximum Gasteiger partial charge on any atom is 0.336 e. The molecular formula is C19H21N7O3. The lowest BCUT2D eigenvalue weighted by Crippen LogP contribution is -2.23. The second kappa shape index (κ2) is 7.66. The minimum Gasteiger partial charge on any atom is -0.478 e. The second-order valence-electron chi connectivity index (χ2n) is 7.32.